The molecule has 2 aliphatic carbocycles. The summed E-state index contributed by atoms with van der Waals surface area (Å²) in [5, 5.41) is 7.17. The molecule has 2 atom stereocenters. The normalized spacial score (nSPS) is 16.1. The molecule has 11 rings (SSSR count). The quantitative estimate of drug-likeness (QED) is 0.179. The van der Waals surface area contributed by atoms with Crippen molar-refractivity contribution >= 4 is 66.1 Å². The third-order valence-electron chi connectivity index (χ3n) is 11.4. The van der Waals surface area contributed by atoms with E-state index in [0.717, 1.165) is 49.8 Å². The summed E-state index contributed by atoms with van der Waals surface area (Å²) in [6.45, 7) is 0. The van der Waals surface area contributed by atoms with Crippen molar-refractivity contribution in [3.05, 3.63) is 217 Å². The Bertz CT molecular complexity index is 3000. The number of nitrogens with zero attached hydrogens (tertiary/aromatic N) is 1. The van der Waals surface area contributed by atoms with Crippen molar-refractivity contribution in [2.45, 2.75) is 5.92 Å². The zero-order valence-corrected chi connectivity index (χ0v) is 29.6. The maximum Gasteiger partial charge on any atom is 0.143 e. The van der Waals surface area contributed by atoms with Crippen LogP contribution in [0.1, 0.15) is 22.6 Å². The van der Waals surface area contributed by atoms with Crippen LogP contribution in [0.15, 0.2) is 205 Å². The summed E-state index contributed by atoms with van der Waals surface area (Å²) in [6.07, 6.45) is 11.6. The van der Waals surface area contributed by atoms with E-state index in [0.29, 0.717) is 11.8 Å². The standard InChI is InChI=1S/C52H35NO/c1-2-11-34(12-3-1)37-15-10-16-41(31-37)53(42-27-30-45-39(32-42)24-29-48-46-19-8-9-20-50(46)54-52(45)48)40-25-21-36(22-26-40)49-33-38-14-5-7-18-44(38)51-43-17-6-4-13-35(43)23-28-47(49)51/h1-33,38,44H. The van der Waals surface area contributed by atoms with Gasteiger partial charge in [0.15, 0.2) is 0 Å². The molecule has 2 aliphatic rings. The lowest BCUT2D eigenvalue weighted by Crippen LogP contribution is -2.17. The van der Waals surface area contributed by atoms with E-state index in [2.05, 4.69) is 193 Å². The Morgan fingerprint density at radius 1 is 0.444 bits per heavy atom. The van der Waals surface area contributed by atoms with E-state index >= 15 is 0 Å². The van der Waals surface area contributed by atoms with Crippen LogP contribution in [0.4, 0.5) is 17.1 Å². The second-order valence-electron chi connectivity index (χ2n) is 14.4. The molecule has 9 aromatic rings. The molecule has 2 heteroatoms. The molecule has 2 unspecified atom stereocenters. The first-order valence-electron chi connectivity index (χ1n) is 18.8. The summed E-state index contributed by atoms with van der Waals surface area (Å²) < 4.78 is 6.43. The Morgan fingerprint density at radius 2 is 1.17 bits per heavy atom. The fourth-order valence-corrected chi connectivity index (χ4v) is 8.83. The first kappa shape index (κ1) is 30.7. The van der Waals surface area contributed by atoms with Crippen LogP contribution in [-0.4, -0.2) is 0 Å². The van der Waals surface area contributed by atoms with E-state index in [1.54, 1.807) is 0 Å². The van der Waals surface area contributed by atoms with Crippen LogP contribution in [0.3, 0.4) is 0 Å². The molecule has 0 spiro atoms. The summed E-state index contributed by atoms with van der Waals surface area (Å²) >= 11 is 0. The van der Waals surface area contributed by atoms with Crippen molar-refractivity contribution in [3.8, 4) is 11.1 Å². The highest BCUT2D eigenvalue weighted by atomic mass is 16.3. The molecule has 0 bridgehead atoms. The summed E-state index contributed by atoms with van der Waals surface area (Å²) in [5.74, 6) is 0.649. The molecular formula is C52H35NO. The fourth-order valence-electron chi connectivity index (χ4n) is 8.83. The molecule has 0 saturated carbocycles. The smallest absolute Gasteiger partial charge is 0.143 e. The second kappa shape index (κ2) is 12.4. The maximum absolute atomic E-state index is 6.43. The molecule has 8 aromatic carbocycles. The summed E-state index contributed by atoms with van der Waals surface area (Å²) in [7, 11) is 0. The van der Waals surface area contributed by atoms with Crippen LogP contribution in [0.2, 0.25) is 0 Å². The summed E-state index contributed by atoms with van der Waals surface area (Å²) in [5.41, 5.74) is 12.8. The maximum atomic E-state index is 6.43. The molecule has 1 heterocycles. The van der Waals surface area contributed by atoms with E-state index in [1.807, 2.05) is 12.1 Å². The number of benzene rings is 8. The first-order chi connectivity index (χ1) is 26.8. The Balaban J connectivity index is 1.05. The van der Waals surface area contributed by atoms with Gasteiger partial charge >= 0.3 is 0 Å². The number of anilines is 3. The topological polar surface area (TPSA) is 16.4 Å². The van der Waals surface area contributed by atoms with Crippen molar-refractivity contribution in [3.63, 3.8) is 0 Å². The third kappa shape index (κ3) is 4.95. The lowest BCUT2D eigenvalue weighted by atomic mass is 9.71. The minimum Gasteiger partial charge on any atom is -0.455 e. The van der Waals surface area contributed by atoms with Gasteiger partial charge in [-0.05, 0) is 104 Å². The lowest BCUT2D eigenvalue weighted by Gasteiger charge is -2.32. The highest BCUT2D eigenvalue weighted by Gasteiger charge is 2.30. The van der Waals surface area contributed by atoms with Gasteiger partial charge in [0.2, 0.25) is 0 Å². The number of fused-ring (bicyclic) bond motifs is 10. The monoisotopic (exact) mass is 689 g/mol. The van der Waals surface area contributed by atoms with E-state index in [9.17, 15) is 0 Å². The molecule has 0 N–H and O–H groups in total. The molecular weight excluding hydrogens is 655 g/mol. The van der Waals surface area contributed by atoms with Crippen LogP contribution >= 0.6 is 0 Å². The van der Waals surface area contributed by atoms with Crippen molar-refractivity contribution in [2.24, 2.45) is 5.92 Å². The molecule has 54 heavy (non-hydrogen) atoms. The van der Waals surface area contributed by atoms with E-state index < -0.39 is 0 Å². The van der Waals surface area contributed by atoms with Gasteiger partial charge in [-0.2, -0.15) is 0 Å². The largest absolute Gasteiger partial charge is 0.455 e. The fraction of sp³-hybridized carbons (Fsp3) is 0.0385. The van der Waals surface area contributed by atoms with E-state index in [4.69, 9.17) is 4.42 Å². The van der Waals surface area contributed by atoms with Gasteiger partial charge in [-0.15, -0.1) is 0 Å². The predicted octanol–water partition coefficient (Wildman–Crippen LogP) is 14.3. The van der Waals surface area contributed by atoms with Crippen molar-refractivity contribution in [1.29, 1.82) is 0 Å². The Hall–Kier alpha value is -6.90. The van der Waals surface area contributed by atoms with Crippen LogP contribution in [-0.2, 0) is 0 Å². The van der Waals surface area contributed by atoms with Crippen LogP contribution in [0, 0.1) is 5.92 Å². The van der Waals surface area contributed by atoms with Gasteiger partial charge in [0.05, 0.1) is 0 Å². The SMILES string of the molecule is C1=CC2C=C(c3ccc(N(c4cccc(-c5ccccc5)c4)c4ccc5c(ccc6c7ccccc7oc56)c4)cc3)c3ccc4ccccc4c3C2C=C1. The molecule has 0 aliphatic heterocycles. The lowest BCUT2D eigenvalue weighted by molar-refractivity contribution is 0.672. The molecule has 0 fully saturated rings. The molecule has 0 amide bonds. The predicted molar refractivity (Wildman–Crippen MR) is 227 cm³/mol. The number of rotatable bonds is 5. The zero-order chi connectivity index (χ0) is 35.6. The Labute approximate surface area is 314 Å². The van der Waals surface area contributed by atoms with Gasteiger partial charge in [-0.25, -0.2) is 0 Å². The number of allylic oxidation sites excluding steroid dienone is 5. The van der Waals surface area contributed by atoms with Crippen LogP contribution < -0.4 is 4.90 Å². The van der Waals surface area contributed by atoms with Gasteiger partial charge in [0, 0.05) is 45.1 Å². The second-order valence-corrected chi connectivity index (χ2v) is 14.4. The number of hydrogen-bond donors (Lipinski definition) is 0. The highest BCUT2D eigenvalue weighted by Crippen LogP contribution is 2.47. The average Bonchev–Trinajstić information content (AvgIpc) is 3.63. The van der Waals surface area contributed by atoms with Crippen molar-refractivity contribution in [1.82, 2.24) is 0 Å². The van der Waals surface area contributed by atoms with Crippen LogP contribution in [0.5, 0.6) is 0 Å². The number of hydrogen-bond acceptors (Lipinski definition) is 2. The van der Waals surface area contributed by atoms with Crippen molar-refractivity contribution in [2.75, 3.05) is 4.90 Å². The molecule has 1 aromatic heterocycles. The van der Waals surface area contributed by atoms with Gasteiger partial charge in [-0.3, -0.25) is 0 Å². The molecule has 0 radical (unpaired) electrons. The summed E-state index contributed by atoms with van der Waals surface area (Å²) in [4.78, 5) is 2.37. The number of furan rings is 1. The third-order valence-corrected chi connectivity index (χ3v) is 11.4. The Morgan fingerprint density at radius 3 is 2.07 bits per heavy atom. The highest BCUT2D eigenvalue weighted by molar-refractivity contribution is 6.15. The number of para-hydroxylation sites is 1. The summed E-state index contributed by atoms with van der Waals surface area (Å²) in [6, 6.07) is 61.5. The minimum atomic E-state index is 0.316. The van der Waals surface area contributed by atoms with E-state index in [1.165, 1.54) is 44.2 Å². The van der Waals surface area contributed by atoms with E-state index in [-0.39, 0.29) is 0 Å². The minimum absolute atomic E-state index is 0.316. The zero-order valence-electron chi connectivity index (χ0n) is 29.6. The molecule has 254 valence electrons. The molecule has 2 nitrogen and oxygen atoms in total. The van der Waals surface area contributed by atoms with Gasteiger partial charge in [0.1, 0.15) is 11.2 Å². The van der Waals surface area contributed by atoms with Gasteiger partial charge in [0.25, 0.3) is 0 Å². The molecule has 0 saturated heterocycles. The van der Waals surface area contributed by atoms with Gasteiger partial charge < -0.3 is 9.32 Å². The van der Waals surface area contributed by atoms with Crippen LogP contribution in [0.25, 0.3) is 60.2 Å². The van der Waals surface area contributed by atoms with Crippen molar-refractivity contribution < 1.29 is 4.42 Å². The Kier molecular flexibility index (Phi) is 7.03. The first-order valence-corrected chi connectivity index (χ1v) is 18.8. The van der Waals surface area contributed by atoms with Gasteiger partial charge in [-0.1, -0.05) is 146 Å². The average molecular weight is 690 g/mol.